The predicted molar refractivity (Wildman–Crippen MR) is 97.0 cm³/mol. The largest absolute Gasteiger partial charge is 0.383 e. The Bertz CT molecular complexity index is 745. The Morgan fingerprint density at radius 1 is 1.09 bits per heavy atom. The van der Waals surface area contributed by atoms with Crippen molar-refractivity contribution in [3.63, 3.8) is 0 Å². The maximum atomic E-state index is 13.4. The summed E-state index contributed by atoms with van der Waals surface area (Å²) >= 11 is 0. The molecule has 0 aromatic heterocycles. The van der Waals surface area contributed by atoms with E-state index in [9.17, 15) is 4.21 Å². The third kappa shape index (κ3) is 5.34. The summed E-state index contributed by atoms with van der Waals surface area (Å²) in [5.74, 6) is 0.426. The molecule has 23 heavy (non-hydrogen) atoms. The zero-order chi connectivity index (χ0) is 16.5. The van der Waals surface area contributed by atoms with Crippen LogP contribution >= 0.6 is 0 Å². The second-order valence-electron chi connectivity index (χ2n) is 5.34. The molecule has 2 aromatic carbocycles. The van der Waals surface area contributed by atoms with Crippen LogP contribution in [0.2, 0.25) is 0 Å². The van der Waals surface area contributed by atoms with E-state index in [1.807, 2.05) is 67.6 Å². The van der Waals surface area contributed by atoms with Crippen molar-refractivity contribution in [1.82, 2.24) is 0 Å². The first-order chi connectivity index (χ1) is 11.1. The molecule has 0 heterocycles. The van der Waals surface area contributed by atoms with Gasteiger partial charge >= 0.3 is 0 Å². The van der Waals surface area contributed by atoms with Gasteiger partial charge in [0, 0.05) is 12.0 Å². The highest BCUT2D eigenvalue weighted by molar-refractivity contribution is 7.93. The van der Waals surface area contributed by atoms with Gasteiger partial charge in [0.25, 0.3) is 0 Å². The van der Waals surface area contributed by atoms with Crippen molar-refractivity contribution in [1.29, 1.82) is 0 Å². The van der Waals surface area contributed by atoms with Crippen molar-refractivity contribution in [2.45, 2.75) is 11.8 Å². The molecule has 0 aliphatic heterocycles. The van der Waals surface area contributed by atoms with Gasteiger partial charge in [0.2, 0.25) is 0 Å². The minimum atomic E-state index is -2.48. The number of methoxy groups -OCH3 is 1. The molecule has 0 radical (unpaired) electrons. The topological polar surface area (TPSA) is 38.7 Å². The van der Waals surface area contributed by atoms with Crippen molar-refractivity contribution in [3.8, 4) is 0 Å². The average Bonchev–Trinajstić information content (AvgIpc) is 2.56. The molecule has 0 saturated carbocycles. The van der Waals surface area contributed by atoms with E-state index in [0.717, 1.165) is 16.0 Å². The van der Waals surface area contributed by atoms with Gasteiger partial charge in [0.05, 0.1) is 28.6 Å². The smallest absolute Gasteiger partial charge is 0.0791 e. The van der Waals surface area contributed by atoms with Crippen molar-refractivity contribution in [2.24, 2.45) is 4.36 Å². The van der Waals surface area contributed by atoms with Crippen LogP contribution in [0.4, 0.5) is 0 Å². The fourth-order valence-corrected chi connectivity index (χ4v) is 4.36. The maximum Gasteiger partial charge on any atom is 0.0791 e. The Morgan fingerprint density at radius 3 is 2.30 bits per heavy atom. The minimum absolute atomic E-state index is 0.426. The van der Waals surface area contributed by atoms with Gasteiger partial charge in [-0.2, -0.15) is 0 Å². The second-order valence-corrected chi connectivity index (χ2v) is 7.64. The number of nitrogens with zero attached hydrogens (tertiary/aromatic N) is 1. The van der Waals surface area contributed by atoms with Gasteiger partial charge in [-0.25, -0.2) is 8.57 Å². The first-order valence-electron chi connectivity index (χ1n) is 7.61. The Morgan fingerprint density at radius 2 is 1.70 bits per heavy atom. The number of hydrogen-bond acceptors (Lipinski definition) is 3. The standard InChI is InChI=1S/C19H23NO2S/c1-17(15-18-9-5-3-6-10-18)16-23(21,20-13-14-22-2)19-11-7-4-8-12-19/h3-12,15H,13-14,16H2,1-2H3/b17-15-. The van der Waals surface area contributed by atoms with Crippen LogP contribution in [0.3, 0.4) is 0 Å². The van der Waals surface area contributed by atoms with Crippen LogP contribution in [0.15, 0.2) is 75.5 Å². The molecule has 2 rings (SSSR count). The molecule has 1 unspecified atom stereocenters. The van der Waals surface area contributed by atoms with Crippen LogP contribution in [0.1, 0.15) is 12.5 Å². The van der Waals surface area contributed by atoms with Gasteiger partial charge in [-0.15, -0.1) is 0 Å². The third-order valence-corrected chi connectivity index (χ3v) is 5.80. The Kier molecular flexibility index (Phi) is 6.56. The van der Waals surface area contributed by atoms with Crippen molar-refractivity contribution in [3.05, 3.63) is 71.8 Å². The van der Waals surface area contributed by atoms with Crippen molar-refractivity contribution in [2.75, 3.05) is 26.0 Å². The van der Waals surface area contributed by atoms with E-state index in [-0.39, 0.29) is 0 Å². The van der Waals surface area contributed by atoms with Crippen LogP contribution in [0.25, 0.3) is 6.08 Å². The monoisotopic (exact) mass is 329 g/mol. The van der Waals surface area contributed by atoms with E-state index in [0.29, 0.717) is 18.9 Å². The van der Waals surface area contributed by atoms with E-state index < -0.39 is 9.73 Å². The summed E-state index contributed by atoms with van der Waals surface area (Å²) in [4.78, 5) is 0.775. The first-order valence-corrected chi connectivity index (χ1v) is 9.29. The van der Waals surface area contributed by atoms with Gasteiger partial charge in [-0.1, -0.05) is 60.2 Å². The third-order valence-electron chi connectivity index (χ3n) is 3.34. The normalized spacial score (nSPS) is 14.3. The zero-order valence-corrected chi connectivity index (χ0v) is 14.5. The summed E-state index contributed by atoms with van der Waals surface area (Å²) in [6.45, 7) is 2.91. The molecule has 2 aromatic rings. The molecular formula is C19H23NO2S. The van der Waals surface area contributed by atoms with Gasteiger partial charge in [0.15, 0.2) is 0 Å². The molecule has 0 fully saturated rings. The van der Waals surface area contributed by atoms with Crippen LogP contribution < -0.4 is 0 Å². The lowest BCUT2D eigenvalue weighted by molar-refractivity contribution is 0.208. The SMILES string of the molecule is COCCN=S(=O)(C/C(C)=C\c1ccccc1)c1ccccc1. The molecule has 0 N–H and O–H groups in total. The van der Waals surface area contributed by atoms with Crippen LogP contribution in [0.5, 0.6) is 0 Å². The van der Waals surface area contributed by atoms with Gasteiger partial charge in [0.1, 0.15) is 0 Å². The van der Waals surface area contributed by atoms with Crippen LogP contribution in [0, 0.1) is 0 Å². The summed E-state index contributed by atoms with van der Waals surface area (Å²) in [7, 11) is -0.857. The van der Waals surface area contributed by atoms with Gasteiger partial charge < -0.3 is 4.74 Å². The molecule has 0 spiro atoms. The fraction of sp³-hybridized carbons (Fsp3) is 0.263. The van der Waals surface area contributed by atoms with E-state index in [2.05, 4.69) is 10.4 Å². The highest BCUT2D eigenvalue weighted by Gasteiger charge is 2.13. The summed E-state index contributed by atoms with van der Waals surface area (Å²) < 4.78 is 22.9. The van der Waals surface area contributed by atoms with E-state index in [1.165, 1.54) is 0 Å². The molecule has 0 amide bonds. The molecule has 1 atom stereocenters. The second kappa shape index (κ2) is 8.65. The average molecular weight is 329 g/mol. The summed E-state index contributed by atoms with van der Waals surface area (Å²) in [6, 6.07) is 19.5. The summed E-state index contributed by atoms with van der Waals surface area (Å²) in [6.07, 6.45) is 2.06. The summed E-state index contributed by atoms with van der Waals surface area (Å²) in [5, 5.41) is 0. The first kappa shape index (κ1) is 17.4. The Labute approximate surface area is 139 Å². The van der Waals surface area contributed by atoms with E-state index in [1.54, 1.807) is 7.11 Å². The highest BCUT2D eigenvalue weighted by Crippen LogP contribution is 2.18. The van der Waals surface area contributed by atoms with Gasteiger partial charge in [-0.05, 0) is 24.6 Å². The number of rotatable bonds is 7. The van der Waals surface area contributed by atoms with Crippen molar-refractivity contribution < 1.29 is 8.95 Å². The molecule has 3 nitrogen and oxygen atoms in total. The Balaban J connectivity index is 2.30. The molecule has 4 heteroatoms. The molecule has 0 aliphatic carbocycles. The van der Waals surface area contributed by atoms with Gasteiger partial charge in [-0.3, -0.25) is 0 Å². The number of benzene rings is 2. The molecular weight excluding hydrogens is 306 g/mol. The highest BCUT2D eigenvalue weighted by atomic mass is 32.2. The lowest BCUT2D eigenvalue weighted by atomic mass is 10.1. The number of ether oxygens (including phenoxy) is 1. The fourth-order valence-electron chi connectivity index (χ4n) is 2.30. The quantitative estimate of drug-likeness (QED) is 0.712. The predicted octanol–water partition coefficient (Wildman–Crippen LogP) is 4.26. The molecule has 0 bridgehead atoms. The lowest BCUT2D eigenvalue weighted by Crippen LogP contribution is -2.10. The zero-order valence-electron chi connectivity index (χ0n) is 13.6. The van der Waals surface area contributed by atoms with Crippen molar-refractivity contribution >= 4 is 15.8 Å². The minimum Gasteiger partial charge on any atom is -0.383 e. The molecule has 0 aliphatic rings. The molecule has 122 valence electrons. The van der Waals surface area contributed by atoms with E-state index in [4.69, 9.17) is 4.74 Å². The summed E-state index contributed by atoms with van der Waals surface area (Å²) in [5.41, 5.74) is 2.16. The lowest BCUT2D eigenvalue weighted by Gasteiger charge is -2.11. The van der Waals surface area contributed by atoms with E-state index >= 15 is 0 Å². The number of hydrogen-bond donors (Lipinski definition) is 0. The maximum absolute atomic E-state index is 13.4. The van der Waals surface area contributed by atoms with Crippen LogP contribution in [-0.4, -0.2) is 30.2 Å². The van der Waals surface area contributed by atoms with Crippen LogP contribution in [-0.2, 0) is 14.5 Å². The Hall–Kier alpha value is -1.91. The molecule has 0 saturated heterocycles.